The third kappa shape index (κ3) is 13.1. The summed E-state index contributed by atoms with van der Waals surface area (Å²) in [6, 6.07) is 39.8. The van der Waals surface area contributed by atoms with Gasteiger partial charge in [0.05, 0.1) is 0 Å². The van der Waals surface area contributed by atoms with E-state index in [1.54, 1.807) is 0 Å². The summed E-state index contributed by atoms with van der Waals surface area (Å²) >= 11 is -0.0416. The van der Waals surface area contributed by atoms with Crippen molar-refractivity contribution in [3.8, 4) is 0 Å². The Hall–Kier alpha value is -1.96. The average molecular weight is 825 g/mol. The van der Waals surface area contributed by atoms with Gasteiger partial charge in [0, 0.05) is 0 Å². The first kappa shape index (κ1) is 36.2. The Morgan fingerprint density at radius 2 is 0.738 bits per heavy atom. The van der Waals surface area contributed by atoms with Crippen molar-refractivity contribution in [1.29, 1.82) is 0 Å². The Labute approximate surface area is 269 Å². The number of alkyl halides is 3. The quantitative estimate of drug-likeness (QED) is 0.196. The molecular formula is C33H37F3I2O3S+2. The van der Waals surface area contributed by atoms with Crippen LogP contribution in [0.1, 0.15) is 52.7 Å². The topological polar surface area (TPSA) is 54.4 Å². The Balaban J connectivity index is 0.000000249. The van der Waals surface area contributed by atoms with Gasteiger partial charge in [0.1, 0.15) is 0 Å². The van der Waals surface area contributed by atoms with Crippen LogP contribution in [0.3, 0.4) is 0 Å². The molecule has 0 bridgehead atoms. The predicted molar refractivity (Wildman–Crippen MR) is 156 cm³/mol. The van der Waals surface area contributed by atoms with Crippen LogP contribution >= 0.6 is 0 Å². The standard InChI is InChI=1S/C20H26I.C12H10I.CHF3O3S/c1-19(2,3)15-7-11-17(12-8-15)21-18-13-9-16(10-14-18)20(4,5)6;1-3-7-11(8-4-1)13-12-9-5-2-6-10-12;2-1(3,4)8(5,6)7/h7-14H,1-6H3;1-10H;(H,5,6,7)/q2*+1;. The molecule has 9 heteroatoms. The van der Waals surface area contributed by atoms with Crippen molar-refractivity contribution in [3.05, 3.63) is 135 Å². The Kier molecular flexibility index (Phi) is 13.5. The minimum absolute atomic E-state index is 0.0287. The first-order valence-electron chi connectivity index (χ1n) is 13.0. The molecule has 0 aliphatic rings. The van der Waals surface area contributed by atoms with E-state index in [0.29, 0.717) is 0 Å². The van der Waals surface area contributed by atoms with Gasteiger partial charge in [-0.05, 0) is 70.5 Å². The van der Waals surface area contributed by atoms with Crippen molar-refractivity contribution in [2.45, 2.75) is 57.9 Å². The molecule has 4 rings (SSSR count). The molecule has 42 heavy (non-hydrogen) atoms. The first-order chi connectivity index (χ1) is 19.4. The van der Waals surface area contributed by atoms with Crippen LogP contribution in [0.2, 0.25) is 0 Å². The molecular weight excluding hydrogens is 787 g/mol. The van der Waals surface area contributed by atoms with Gasteiger partial charge in [0.15, 0.2) is 14.3 Å². The molecule has 0 amide bonds. The van der Waals surface area contributed by atoms with Crippen molar-refractivity contribution in [1.82, 2.24) is 0 Å². The predicted octanol–water partition coefficient (Wildman–Crippen LogP) is 2.62. The number of rotatable bonds is 4. The van der Waals surface area contributed by atoms with Crippen LogP contribution in [-0.4, -0.2) is 18.5 Å². The second kappa shape index (κ2) is 15.7. The second-order valence-corrected chi connectivity index (χ2v) is 18.7. The lowest BCUT2D eigenvalue weighted by Crippen LogP contribution is -3.61. The number of hydrogen-bond acceptors (Lipinski definition) is 2. The molecule has 0 saturated heterocycles. The van der Waals surface area contributed by atoms with Crippen LogP contribution in [-0.2, 0) is 20.9 Å². The second-order valence-electron chi connectivity index (χ2n) is 11.2. The maximum absolute atomic E-state index is 10.7. The van der Waals surface area contributed by atoms with Gasteiger partial charge < -0.3 is 0 Å². The minimum Gasteiger partial charge on any atom is -0.279 e. The molecule has 0 atom stereocenters. The molecule has 0 aliphatic carbocycles. The molecule has 0 saturated carbocycles. The van der Waals surface area contributed by atoms with Crippen LogP contribution in [0.5, 0.6) is 0 Å². The van der Waals surface area contributed by atoms with Crippen molar-refractivity contribution in [3.63, 3.8) is 0 Å². The van der Waals surface area contributed by atoms with Crippen molar-refractivity contribution >= 4 is 10.1 Å². The maximum Gasteiger partial charge on any atom is 0.522 e. The molecule has 0 fully saturated rings. The number of hydrogen-bond donors (Lipinski definition) is 1. The molecule has 4 aromatic rings. The van der Waals surface area contributed by atoms with E-state index >= 15 is 0 Å². The van der Waals surface area contributed by atoms with E-state index in [9.17, 15) is 13.2 Å². The van der Waals surface area contributed by atoms with Crippen LogP contribution in [0.25, 0.3) is 0 Å². The van der Waals surface area contributed by atoms with Gasteiger partial charge in [-0.2, -0.15) is 21.6 Å². The summed E-state index contributed by atoms with van der Waals surface area (Å²) in [6.07, 6.45) is 0. The largest absolute Gasteiger partial charge is 0.522 e. The van der Waals surface area contributed by atoms with Gasteiger partial charge in [-0.1, -0.05) is 102 Å². The fraction of sp³-hybridized carbons (Fsp3) is 0.273. The van der Waals surface area contributed by atoms with Crippen LogP contribution in [0, 0.1) is 14.3 Å². The number of benzene rings is 4. The van der Waals surface area contributed by atoms with Gasteiger partial charge in [0.25, 0.3) is 0 Å². The number of halogens is 5. The third-order valence-corrected chi connectivity index (χ3v) is 11.6. The average Bonchev–Trinajstić information content (AvgIpc) is 2.89. The normalized spacial score (nSPS) is 12.0. The lowest BCUT2D eigenvalue weighted by Gasteiger charge is -2.18. The van der Waals surface area contributed by atoms with Gasteiger partial charge in [0.2, 0.25) is 0 Å². The molecule has 226 valence electrons. The van der Waals surface area contributed by atoms with E-state index in [1.165, 1.54) is 25.4 Å². The smallest absolute Gasteiger partial charge is 0.279 e. The minimum atomic E-state index is -5.84. The van der Waals surface area contributed by atoms with E-state index in [0.717, 1.165) is 0 Å². The van der Waals surface area contributed by atoms with Gasteiger partial charge in [-0.25, -0.2) is 0 Å². The lowest BCUT2D eigenvalue weighted by molar-refractivity contribution is -0.597. The van der Waals surface area contributed by atoms with Crippen LogP contribution in [0.4, 0.5) is 13.2 Å². The van der Waals surface area contributed by atoms with Crippen molar-refractivity contribution in [2.75, 3.05) is 0 Å². The highest BCUT2D eigenvalue weighted by Gasteiger charge is 2.44. The molecule has 0 radical (unpaired) electrons. The SMILES string of the molecule is CC(C)(C)c1ccc([I+]c2ccc(C(C)(C)C)cc2)cc1.O=S(=O)(O)C(F)(F)F.c1ccc([I+]c2ccccc2)cc1. The zero-order chi connectivity index (χ0) is 31.6. The van der Waals surface area contributed by atoms with E-state index in [-0.39, 0.29) is 53.2 Å². The van der Waals surface area contributed by atoms with Gasteiger partial charge in [-0.15, -0.1) is 0 Å². The molecule has 4 aromatic carbocycles. The zero-order valence-corrected chi connectivity index (χ0v) is 29.6. The Bertz CT molecular complexity index is 1370. The van der Waals surface area contributed by atoms with Gasteiger partial charge in [-0.3, -0.25) is 4.55 Å². The summed E-state index contributed by atoms with van der Waals surface area (Å²) in [7, 11) is -5.84. The molecule has 0 aromatic heterocycles. The fourth-order valence-electron chi connectivity index (χ4n) is 3.23. The van der Waals surface area contributed by atoms with Crippen LogP contribution < -0.4 is 42.4 Å². The summed E-state index contributed by atoms with van der Waals surface area (Å²) < 4.78 is 63.5. The van der Waals surface area contributed by atoms with E-state index in [1.807, 2.05) is 0 Å². The highest BCUT2D eigenvalue weighted by molar-refractivity contribution is 7.86. The van der Waals surface area contributed by atoms with Gasteiger partial charge >= 0.3 is 58.0 Å². The Morgan fingerprint density at radius 1 is 0.500 bits per heavy atom. The van der Waals surface area contributed by atoms with E-state index in [2.05, 4.69) is 151 Å². The van der Waals surface area contributed by atoms with Crippen molar-refractivity contribution < 1.29 is 68.6 Å². The molecule has 0 unspecified atom stereocenters. The summed E-state index contributed by atoms with van der Waals surface area (Å²) in [4.78, 5) is 0. The monoisotopic (exact) mass is 824 g/mol. The van der Waals surface area contributed by atoms with Crippen molar-refractivity contribution in [2.24, 2.45) is 0 Å². The highest BCUT2D eigenvalue weighted by Crippen LogP contribution is 2.22. The summed E-state index contributed by atoms with van der Waals surface area (Å²) in [6.45, 7) is 13.6. The molecule has 0 heterocycles. The Morgan fingerprint density at radius 3 is 0.952 bits per heavy atom. The molecule has 1 N–H and O–H groups in total. The summed E-state index contributed by atoms with van der Waals surface area (Å²) in [5.74, 6) is 0. The highest BCUT2D eigenvalue weighted by atomic mass is 127. The zero-order valence-electron chi connectivity index (χ0n) is 24.5. The molecule has 3 nitrogen and oxygen atoms in total. The van der Waals surface area contributed by atoms with Crippen LogP contribution in [0.15, 0.2) is 109 Å². The first-order valence-corrected chi connectivity index (χ1v) is 18.8. The van der Waals surface area contributed by atoms with E-state index in [4.69, 9.17) is 13.0 Å². The third-order valence-electron chi connectivity index (χ3n) is 5.62. The lowest BCUT2D eigenvalue weighted by atomic mass is 9.87. The summed E-state index contributed by atoms with van der Waals surface area (Å²) in [5, 5.41) is 0. The fourth-order valence-corrected chi connectivity index (χ4v) is 7.66. The molecule has 0 aliphatic heterocycles. The maximum atomic E-state index is 10.7. The molecule has 0 spiro atoms. The summed E-state index contributed by atoms with van der Waals surface area (Å²) in [5.41, 5.74) is -2.22. The van der Waals surface area contributed by atoms with E-state index < -0.39 is 15.6 Å².